The molecule has 0 fully saturated rings. The molecule has 1 aromatic rings. The monoisotopic (exact) mass is 253 g/mol. The van der Waals surface area contributed by atoms with Crippen molar-refractivity contribution in [2.75, 3.05) is 14.1 Å². The first kappa shape index (κ1) is 13.8. The van der Waals surface area contributed by atoms with Gasteiger partial charge in [0.1, 0.15) is 0 Å². The number of halogens is 1. The second kappa shape index (κ2) is 5.35. The lowest BCUT2D eigenvalue weighted by Gasteiger charge is -2.05. The number of hydrogen-bond acceptors (Lipinski definition) is 5. The number of hydrogen-bond donors (Lipinski definition) is 0. The predicted molar refractivity (Wildman–Crippen MR) is 62.8 cm³/mol. The summed E-state index contributed by atoms with van der Waals surface area (Å²) in [7, 11) is 3.07. The van der Waals surface area contributed by atoms with Gasteiger partial charge in [-0.1, -0.05) is 0 Å². The van der Waals surface area contributed by atoms with Gasteiger partial charge in [0.25, 0.3) is 5.69 Å². The molecular weight excluding hydrogens is 241 g/mol. The molecule has 1 heterocycles. The Bertz CT molecular complexity index is 526. The summed E-state index contributed by atoms with van der Waals surface area (Å²) >= 11 is 0. The quantitative estimate of drug-likeness (QED) is 0.354. The lowest BCUT2D eigenvalue weighted by atomic mass is 10.2. The Morgan fingerprint density at radius 1 is 1.50 bits per heavy atom. The summed E-state index contributed by atoms with van der Waals surface area (Å²) in [6.07, 6.45) is 0.941. The number of Topliss-reactive ketones (excluding diaryl/α,β-unsaturated/α-hetero) is 1. The molecule has 0 aliphatic heterocycles. The van der Waals surface area contributed by atoms with E-state index in [2.05, 4.69) is 4.98 Å². The highest BCUT2D eigenvalue weighted by Gasteiger charge is 2.25. The van der Waals surface area contributed by atoms with Gasteiger partial charge in [0.15, 0.2) is 11.5 Å². The van der Waals surface area contributed by atoms with Crippen LogP contribution in [0.15, 0.2) is 24.2 Å². The molecule has 1 aromatic heterocycles. The third kappa shape index (κ3) is 3.09. The number of nitro groups is 1. The molecule has 1 rings (SSSR count). The zero-order chi connectivity index (χ0) is 13.9. The van der Waals surface area contributed by atoms with E-state index < -0.39 is 27.9 Å². The zero-order valence-electron chi connectivity index (χ0n) is 10.2. The Labute approximate surface area is 103 Å². The minimum Gasteiger partial charge on any atom is -0.381 e. The van der Waals surface area contributed by atoms with Crippen molar-refractivity contribution < 1.29 is 14.1 Å². The van der Waals surface area contributed by atoms with Gasteiger partial charge in [-0.25, -0.2) is 9.37 Å². The van der Waals surface area contributed by atoms with Gasteiger partial charge in [-0.3, -0.25) is 14.9 Å². The van der Waals surface area contributed by atoms with Crippen molar-refractivity contribution in [2.45, 2.75) is 6.92 Å². The summed E-state index contributed by atoms with van der Waals surface area (Å²) in [6.45, 7) is 1.56. The summed E-state index contributed by atoms with van der Waals surface area (Å²) < 4.78 is 13.5. The standard InChI is InChI=1S/C11H12FN3O3/c1-7-4-5-9(15(17)18)10(13-7)11(16)8(12)6-14(2)3/h4-6H,1-3H3/b8-6+. The minimum absolute atomic E-state index is 0.404. The maximum Gasteiger partial charge on any atom is 0.299 e. The highest BCUT2D eigenvalue weighted by atomic mass is 19.1. The Balaban J connectivity index is 3.28. The number of pyridine rings is 1. The first-order chi connectivity index (χ1) is 8.32. The first-order valence-electron chi connectivity index (χ1n) is 5.03. The van der Waals surface area contributed by atoms with Crippen LogP contribution in [0.5, 0.6) is 0 Å². The van der Waals surface area contributed by atoms with Gasteiger partial charge in [-0.05, 0) is 13.0 Å². The smallest absolute Gasteiger partial charge is 0.299 e. The molecule has 0 unspecified atom stereocenters. The number of rotatable bonds is 4. The highest BCUT2D eigenvalue weighted by Crippen LogP contribution is 2.20. The molecule has 0 N–H and O–H groups in total. The van der Waals surface area contributed by atoms with Crippen molar-refractivity contribution in [3.8, 4) is 0 Å². The fourth-order valence-corrected chi connectivity index (χ4v) is 1.26. The van der Waals surface area contributed by atoms with Crippen molar-refractivity contribution in [1.29, 1.82) is 0 Å². The number of nitrogens with zero attached hydrogens (tertiary/aromatic N) is 3. The maximum absolute atomic E-state index is 13.5. The number of aryl methyl sites for hydroxylation is 1. The molecule has 0 aliphatic rings. The van der Waals surface area contributed by atoms with Crippen LogP contribution < -0.4 is 0 Å². The number of aromatic nitrogens is 1. The topological polar surface area (TPSA) is 76.3 Å². The number of allylic oxidation sites excluding steroid dienone is 1. The van der Waals surface area contributed by atoms with Crippen LogP contribution in [-0.4, -0.2) is 34.7 Å². The van der Waals surface area contributed by atoms with Crippen LogP contribution in [0, 0.1) is 17.0 Å². The van der Waals surface area contributed by atoms with E-state index in [0.717, 1.165) is 12.3 Å². The highest BCUT2D eigenvalue weighted by molar-refractivity contribution is 6.08. The van der Waals surface area contributed by atoms with E-state index in [1.165, 1.54) is 25.1 Å². The lowest BCUT2D eigenvalue weighted by Crippen LogP contribution is -2.11. The molecule has 0 bridgehead atoms. The third-order valence-electron chi connectivity index (χ3n) is 2.01. The summed E-state index contributed by atoms with van der Waals surface area (Å²) in [5.41, 5.74) is -0.592. The van der Waals surface area contributed by atoms with Crippen LogP contribution in [0.25, 0.3) is 0 Å². The van der Waals surface area contributed by atoms with Crippen molar-refractivity contribution >= 4 is 11.5 Å². The molecule has 18 heavy (non-hydrogen) atoms. The molecule has 0 saturated heterocycles. The Morgan fingerprint density at radius 2 is 2.11 bits per heavy atom. The van der Waals surface area contributed by atoms with Crippen LogP contribution >= 0.6 is 0 Å². The van der Waals surface area contributed by atoms with Gasteiger partial charge < -0.3 is 4.90 Å². The van der Waals surface area contributed by atoms with E-state index in [0.29, 0.717) is 5.69 Å². The summed E-state index contributed by atoms with van der Waals surface area (Å²) in [4.78, 5) is 26.8. The van der Waals surface area contributed by atoms with E-state index in [4.69, 9.17) is 0 Å². The van der Waals surface area contributed by atoms with E-state index >= 15 is 0 Å². The molecular formula is C11H12FN3O3. The van der Waals surface area contributed by atoms with E-state index in [-0.39, 0.29) is 0 Å². The molecule has 7 heteroatoms. The molecule has 6 nitrogen and oxygen atoms in total. The maximum atomic E-state index is 13.5. The summed E-state index contributed by atoms with van der Waals surface area (Å²) in [5, 5.41) is 10.7. The molecule has 0 saturated carbocycles. The SMILES string of the molecule is Cc1ccc([N+](=O)[O-])c(C(=O)/C(F)=C\N(C)C)n1. The molecule has 0 atom stereocenters. The average Bonchev–Trinajstić information content (AvgIpc) is 2.26. The van der Waals surface area contributed by atoms with Gasteiger partial charge in [0, 0.05) is 32.1 Å². The number of carbonyl (C=O) groups excluding carboxylic acids is 1. The molecule has 96 valence electrons. The molecule has 0 aromatic carbocycles. The normalized spacial score (nSPS) is 11.2. The zero-order valence-corrected chi connectivity index (χ0v) is 10.2. The predicted octanol–water partition coefficient (Wildman–Crippen LogP) is 1.85. The van der Waals surface area contributed by atoms with Crippen LogP contribution in [0.4, 0.5) is 10.1 Å². The lowest BCUT2D eigenvalue weighted by molar-refractivity contribution is -0.385. The van der Waals surface area contributed by atoms with Gasteiger partial charge in [-0.15, -0.1) is 0 Å². The second-order valence-corrected chi connectivity index (χ2v) is 3.85. The van der Waals surface area contributed by atoms with Crippen molar-refractivity contribution in [3.05, 3.63) is 45.7 Å². The average molecular weight is 253 g/mol. The fourth-order valence-electron chi connectivity index (χ4n) is 1.26. The van der Waals surface area contributed by atoms with E-state index in [9.17, 15) is 19.3 Å². The third-order valence-corrected chi connectivity index (χ3v) is 2.01. The number of carbonyl (C=O) groups is 1. The molecule has 0 aliphatic carbocycles. The largest absolute Gasteiger partial charge is 0.381 e. The number of ketones is 1. The van der Waals surface area contributed by atoms with Gasteiger partial charge in [-0.2, -0.15) is 0 Å². The fraction of sp³-hybridized carbons (Fsp3) is 0.273. The van der Waals surface area contributed by atoms with Crippen molar-refractivity contribution in [1.82, 2.24) is 9.88 Å². The van der Waals surface area contributed by atoms with E-state index in [1.54, 1.807) is 6.92 Å². The second-order valence-electron chi connectivity index (χ2n) is 3.85. The Kier molecular flexibility index (Phi) is 4.09. The minimum atomic E-state index is -1.10. The van der Waals surface area contributed by atoms with Gasteiger partial charge in [0.05, 0.1) is 4.92 Å². The molecule has 0 amide bonds. The van der Waals surface area contributed by atoms with E-state index in [1.807, 2.05) is 0 Å². The van der Waals surface area contributed by atoms with Crippen molar-refractivity contribution in [3.63, 3.8) is 0 Å². The Hall–Kier alpha value is -2.31. The first-order valence-corrected chi connectivity index (χ1v) is 5.03. The van der Waals surface area contributed by atoms with Crippen LogP contribution in [-0.2, 0) is 0 Å². The summed E-state index contributed by atoms with van der Waals surface area (Å²) in [5.74, 6) is -2.19. The molecule has 0 radical (unpaired) electrons. The van der Waals surface area contributed by atoms with Crippen LogP contribution in [0.1, 0.15) is 16.2 Å². The van der Waals surface area contributed by atoms with Crippen molar-refractivity contribution in [2.24, 2.45) is 0 Å². The Morgan fingerprint density at radius 3 is 2.61 bits per heavy atom. The van der Waals surface area contributed by atoms with Crippen LogP contribution in [0.3, 0.4) is 0 Å². The molecule has 0 spiro atoms. The van der Waals surface area contributed by atoms with Gasteiger partial charge in [0.2, 0.25) is 5.78 Å². The van der Waals surface area contributed by atoms with Gasteiger partial charge >= 0.3 is 0 Å². The van der Waals surface area contributed by atoms with Crippen LogP contribution in [0.2, 0.25) is 0 Å². The summed E-state index contributed by atoms with van der Waals surface area (Å²) in [6, 6.07) is 2.53.